The van der Waals surface area contributed by atoms with E-state index in [1.165, 1.54) is 12.1 Å². The van der Waals surface area contributed by atoms with Crippen molar-refractivity contribution in [2.75, 3.05) is 6.54 Å². The lowest BCUT2D eigenvalue weighted by Crippen LogP contribution is -2.29. The lowest BCUT2D eigenvalue weighted by Gasteiger charge is -2.08. The number of halogens is 1. The number of nitrogens with zero attached hydrogens (tertiary/aromatic N) is 1. The molecule has 0 radical (unpaired) electrons. The van der Waals surface area contributed by atoms with Gasteiger partial charge in [-0.15, -0.1) is 0 Å². The quantitative estimate of drug-likeness (QED) is 0.633. The first-order valence-corrected chi connectivity index (χ1v) is 4.31. The standard InChI is InChI=1S/C10H8FNO2/c1-2-12-9(13)7-4-3-6(11)5-8(7)10(12)14/h3-5H,2H2,1H3. The molecular formula is C10H8FNO2. The minimum atomic E-state index is -0.497. The highest BCUT2D eigenvalue weighted by molar-refractivity contribution is 6.21. The van der Waals surface area contributed by atoms with Crippen LogP contribution in [0.3, 0.4) is 0 Å². The van der Waals surface area contributed by atoms with Crippen molar-refractivity contribution in [1.29, 1.82) is 0 Å². The molecule has 0 unspecified atom stereocenters. The summed E-state index contributed by atoms with van der Waals surface area (Å²) < 4.78 is 12.8. The van der Waals surface area contributed by atoms with E-state index in [9.17, 15) is 14.0 Å². The van der Waals surface area contributed by atoms with Gasteiger partial charge in [0, 0.05) is 6.54 Å². The zero-order valence-electron chi connectivity index (χ0n) is 7.58. The first-order valence-electron chi connectivity index (χ1n) is 4.31. The Balaban J connectivity index is 2.58. The van der Waals surface area contributed by atoms with Crippen molar-refractivity contribution in [3.05, 3.63) is 35.1 Å². The van der Waals surface area contributed by atoms with Crippen molar-refractivity contribution in [3.63, 3.8) is 0 Å². The Morgan fingerprint density at radius 1 is 1.21 bits per heavy atom. The minimum absolute atomic E-state index is 0.164. The molecule has 1 heterocycles. The van der Waals surface area contributed by atoms with Crippen molar-refractivity contribution >= 4 is 11.8 Å². The number of rotatable bonds is 1. The van der Waals surface area contributed by atoms with Gasteiger partial charge in [0.25, 0.3) is 11.8 Å². The molecule has 0 saturated heterocycles. The number of amides is 2. The molecule has 1 aromatic carbocycles. The average Bonchev–Trinajstić information content (AvgIpc) is 2.39. The van der Waals surface area contributed by atoms with Crippen molar-refractivity contribution in [2.24, 2.45) is 0 Å². The van der Waals surface area contributed by atoms with Gasteiger partial charge in [-0.25, -0.2) is 4.39 Å². The minimum Gasteiger partial charge on any atom is -0.275 e. The van der Waals surface area contributed by atoms with Gasteiger partial charge in [-0.2, -0.15) is 0 Å². The van der Waals surface area contributed by atoms with Crippen molar-refractivity contribution < 1.29 is 14.0 Å². The molecule has 14 heavy (non-hydrogen) atoms. The molecule has 0 bridgehead atoms. The van der Waals surface area contributed by atoms with Crippen LogP contribution in [0.4, 0.5) is 4.39 Å². The Kier molecular flexibility index (Phi) is 1.84. The molecule has 72 valence electrons. The number of benzene rings is 1. The van der Waals surface area contributed by atoms with E-state index in [0.717, 1.165) is 11.0 Å². The number of hydrogen-bond donors (Lipinski definition) is 0. The molecule has 1 aliphatic heterocycles. The molecule has 0 fully saturated rings. The van der Waals surface area contributed by atoms with Gasteiger partial charge >= 0.3 is 0 Å². The Morgan fingerprint density at radius 2 is 1.86 bits per heavy atom. The van der Waals surface area contributed by atoms with Crippen LogP contribution in [0.1, 0.15) is 27.6 Å². The van der Waals surface area contributed by atoms with Crippen LogP contribution in [-0.2, 0) is 0 Å². The Hall–Kier alpha value is -1.71. The molecule has 0 saturated carbocycles. The summed E-state index contributed by atoms with van der Waals surface area (Å²) in [6, 6.07) is 3.63. The average molecular weight is 193 g/mol. The van der Waals surface area contributed by atoms with Crippen molar-refractivity contribution in [3.8, 4) is 0 Å². The lowest BCUT2D eigenvalue weighted by molar-refractivity contribution is 0.0663. The molecule has 0 aromatic heterocycles. The molecule has 3 nitrogen and oxygen atoms in total. The second kappa shape index (κ2) is 2.90. The smallest absolute Gasteiger partial charge is 0.261 e. The van der Waals surface area contributed by atoms with E-state index in [1.54, 1.807) is 6.92 Å². The van der Waals surface area contributed by atoms with E-state index in [1.807, 2.05) is 0 Å². The van der Waals surface area contributed by atoms with E-state index < -0.39 is 11.7 Å². The maximum atomic E-state index is 12.8. The SMILES string of the molecule is CCN1C(=O)c2ccc(F)cc2C1=O. The highest BCUT2D eigenvalue weighted by atomic mass is 19.1. The zero-order chi connectivity index (χ0) is 10.3. The molecule has 4 heteroatoms. The summed E-state index contributed by atoms with van der Waals surface area (Å²) in [7, 11) is 0. The first-order chi connectivity index (χ1) is 6.65. The molecular weight excluding hydrogens is 185 g/mol. The lowest BCUT2D eigenvalue weighted by atomic mass is 10.1. The molecule has 2 amide bonds. The van der Waals surface area contributed by atoms with E-state index in [0.29, 0.717) is 12.1 Å². The van der Waals surface area contributed by atoms with Crippen LogP contribution >= 0.6 is 0 Å². The fraction of sp³-hybridized carbons (Fsp3) is 0.200. The molecule has 0 N–H and O–H groups in total. The van der Waals surface area contributed by atoms with Gasteiger partial charge < -0.3 is 0 Å². The number of fused-ring (bicyclic) bond motifs is 1. The fourth-order valence-corrected chi connectivity index (χ4v) is 1.55. The summed E-state index contributed by atoms with van der Waals surface area (Å²) in [6.45, 7) is 2.02. The molecule has 1 aliphatic rings. The Bertz CT molecular complexity index is 428. The van der Waals surface area contributed by atoms with Gasteiger partial charge in [-0.05, 0) is 25.1 Å². The van der Waals surface area contributed by atoms with Gasteiger partial charge in [0.05, 0.1) is 11.1 Å². The van der Waals surface area contributed by atoms with Crippen LogP contribution < -0.4 is 0 Å². The number of carbonyl (C=O) groups is 2. The summed E-state index contributed by atoms with van der Waals surface area (Å²) in [4.78, 5) is 24.2. The van der Waals surface area contributed by atoms with Crippen LogP contribution in [-0.4, -0.2) is 23.3 Å². The maximum absolute atomic E-state index is 12.8. The summed E-state index contributed by atoms with van der Waals surface area (Å²) in [6.07, 6.45) is 0. The molecule has 0 aliphatic carbocycles. The van der Waals surface area contributed by atoms with Crippen molar-refractivity contribution in [1.82, 2.24) is 4.90 Å². The van der Waals surface area contributed by atoms with E-state index >= 15 is 0 Å². The first kappa shape index (κ1) is 8.87. The highest BCUT2D eigenvalue weighted by Gasteiger charge is 2.34. The van der Waals surface area contributed by atoms with Gasteiger partial charge in [0.15, 0.2) is 0 Å². The third-order valence-electron chi connectivity index (χ3n) is 2.25. The van der Waals surface area contributed by atoms with Gasteiger partial charge in [-0.3, -0.25) is 14.5 Å². The summed E-state index contributed by atoms with van der Waals surface area (Å²) in [5.74, 6) is -1.25. The highest BCUT2D eigenvalue weighted by Crippen LogP contribution is 2.22. The molecule has 1 aromatic rings. The molecule has 0 atom stereocenters. The van der Waals surface area contributed by atoms with Gasteiger partial charge in [-0.1, -0.05) is 0 Å². The van der Waals surface area contributed by atoms with E-state index in [-0.39, 0.29) is 11.5 Å². The predicted octanol–water partition coefficient (Wildman–Crippen LogP) is 1.44. The Morgan fingerprint density at radius 3 is 2.50 bits per heavy atom. The third-order valence-corrected chi connectivity index (χ3v) is 2.25. The number of carbonyl (C=O) groups excluding carboxylic acids is 2. The topological polar surface area (TPSA) is 37.4 Å². The van der Waals surface area contributed by atoms with Crippen LogP contribution in [0.15, 0.2) is 18.2 Å². The zero-order valence-corrected chi connectivity index (χ0v) is 7.58. The Labute approximate surface area is 80.1 Å². The van der Waals surface area contributed by atoms with Crippen LogP contribution in [0.2, 0.25) is 0 Å². The van der Waals surface area contributed by atoms with Crippen LogP contribution in [0.25, 0.3) is 0 Å². The van der Waals surface area contributed by atoms with Gasteiger partial charge in [0.2, 0.25) is 0 Å². The number of hydrogen-bond acceptors (Lipinski definition) is 2. The van der Waals surface area contributed by atoms with E-state index in [2.05, 4.69) is 0 Å². The maximum Gasteiger partial charge on any atom is 0.261 e. The predicted molar refractivity (Wildman–Crippen MR) is 47.4 cm³/mol. The molecule has 0 spiro atoms. The summed E-state index contributed by atoms with van der Waals surface area (Å²) in [5, 5.41) is 0. The second-order valence-corrected chi connectivity index (χ2v) is 3.04. The van der Waals surface area contributed by atoms with Crippen molar-refractivity contribution in [2.45, 2.75) is 6.92 Å². The normalized spacial score (nSPS) is 14.9. The van der Waals surface area contributed by atoms with Crippen LogP contribution in [0.5, 0.6) is 0 Å². The van der Waals surface area contributed by atoms with Crippen LogP contribution in [0, 0.1) is 5.82 Å². The van der Waals surface area contributed by atoms with E-state index in [4.69, 9.17) is 0 Å². The largest absolute Gasteiger partial charge is 0.275 e. The second-order valence-electron chi connectivity index (χ2n) is 3.04. The fourth-order valence-electron chi connectivity index (χ4n) is 1.55. The number of imide groups is 1. The van der Waals surface area contributed by atoms with Gasteiger partial charge in [0.1, 0.15) is 5.82 Å². The summed E-state index contributed by atoms with van der Waals surface area (Å²) >= 11 is 0. The molecule has 2 rings (SSSR count). The third kappa shape index (κ3) is 1.04. The summed E-state index contributed by atoms with van der Waals surface area (Å²) in [5.41, 5.74) is 0.454. The monoisotopic (exact) mass is 193 g/mol.